The number of hydrogen-bond acceptors (Lipinski definition) is 3. The average molecular weight is 371 g/mol. The van der Waals surface area contributed by atoms with E-state index < -0.39 is 17.6 Å². The number of carbonyl (C=O) groups excluding carboxylic acids is 3. The van der Waals surface area contributed by atoms with Crippen LogP contribution in [0.25, 0.3) is 0 Å². The van der Waals surface area contributed by atoms with Gasteiger partial charge in [0.2, 0.25) is 11.8 Å². The highest BCUT2D eigenvalue weighted by atomic mass is 19.1. The monoisotopic (exact) mass is 371 g/mol. The summed E-state index contributed by atoms with van der Waals surface area (Å²) in [5.41, 5.74) is 2.43. The van der Waals surface area contributed by atoms with Crippen LogP contribution in [0.3, 0.4) is 0 Å². The third-order valence-corrected chi connectivity index (χ3v) is 4.07. The largest absolute Gasteiger partial charge is 0.343 e. The van der Waals surface area contributed by atoms with E-state index in [1.54, 1.807) is 0 Å². The Kier molecular flexibility index (Phi) is 6.65. The lowest BCUT2D eigenvalue weighted by molar-refractivity contribution is -0.132. The van der Waals surface area contributed by atoms with Gasteiger partial charge in [0.15, 0.2) is 0 Å². The molecule has 0 aromatic heterocycles. The van der Waals surface area contributed by atoms with Gasteiger partial charge in [-0.05, 0) is 37.1 Å². The van der Waals surface area contributed by atoms with E-state index in [1.807, 2.05) is 32.0 Å². The van der Waals surface area contributed by atoms with Crippen molar-refractivity contribution in [2.45, 2.75) is 13.8 Å². The van der Waals surface area contributed by atoms with E-state index in [0.29, 0.717) is 0 Å². The molecule has 0 aliphatic rings. The average Bonchev–Trinajstić information content (AvgIpc) is 2.63. The molecule has 0 fully saturated rings. The van der Waals surface area contributed by atoms with E-state index >= 15 is 0 Å². The Morgan fingerprint density at radius 2 is 1.63 bits per heavy atom. The number of rotatable bonds is 6. The van der Waals surface area contributed by atoms with Crippen molar-refractivity contribution in [3.05, 3.63) is 65.0 Å². The van der Waals surface area contributed by atoms with E-state index in [-0.39, 0.29) is 24.6 Å². The number of likely N-dealkylation sites (N-methyl/N-ethyl adjacent to an activating group) is 1. The molecule has 0 aliphatic carbocycles. The summed E-state index contributed by atoms with van der Waals surface area (Å²) in [6.07, 6.45) is 0. The number of para-hydroxylation sites is 1. The number of aryl methyl sites for hydroxylation is 2. The first-order valence-electron chi connectivity index (χ1n) is 8.42. The fourth-order valence-electron chi connectivity index (χ4n) is 2.53. The molecule has 0 saturated heterocycles. The Bertz CT molecular complexity index is 847. The Morgan fingerprint density at radius 3 is 2.26 bits per heavy atom. The van der Waals surface area contributed by atoms with E-state index in [2.05, 4.69) is 10.6 Å². The van der Waals surface area contributed by atoms with E-state index in [4.69, 9.17) is 0 Å². The van der Waals surface area contributed by atoms with Crippen LogP contribution < -0.4 is 10.6 Å². The van der Waals surface area contributed by atoms with Gasteiger partial charge in [-0.3, -0.25) is 14.4 Å². The summed E-state index contributed by atoms with van der Waals surface area (Å²) in [6, 6.07) is 11.2. The summed E-state index contributed by atoms with van der Waals surface area (Å²) in [5.74, 6) is -2.15. The number of carbonyl (C=O) groups is 3. The maximum atomic E-state index is 13.6. The lowest BCUT2D eigenvalue weighted by Crippen LogP contribution is -2.41. The van der Waals surface area contributed by atoms with Gasteiger partial charge in [-0.25, -0.2) is 4.39 Å². The highest BCUT2D eigenvalue weighted by Crippen LogP contribution is 2.19. The quantitative estimate of drug-likeness (QED) is 0.818. The van der Waals surface area contributed by atoms with Crippen molar-refractivity contribution in [3.63, 3.8) is 0 Å². The molecule has 0 spiro atoms. The molecule has 0 heterocycles. The van der Waals surface area contributed by atoms with Crippen molar-refractivity contribution in [2.75, 3.05) is 25.5 Å². The zero-order valence-corrected chi connectivity index (χ0v) is 15.5. The van der Waals surface area contributed by atoms with Crippen LogP contribution in [-0.2, 0) is 9.59 Å². The second-order valence-corrected chi connectivity index (χ2v) is 6.23. The SMILES string of the molecule is Cc1cccc(C)c1NC(=O)CN(C)C(=O)CNC(=O)c1ccccc1F. The summed E-state index contributed by atoms with van der Waals surface area (Å²) in [7, 11) is 1.46. The van der Waals surface area contributed by atoms with Crippen LogP contribution in [0.1, 0.15) is 21.5 Å². The molecule has 2 aromatic carbocycles. The summed E-state index contributed by atoms with van der Waals surface area (Å²) >= 11 is 0. The number of benzene rings is 2. The third-order valence-electron chi connectivity index (χ3n) is 4.07. The molecular weight excluding hydrogens is 349 g/mol. The Labute approximate surface area is 157 Å². The van der Waals surface area contributed by atoms with Crippen molar-refractivity contribution in [1.82, 2.24) is 10.2 Å². The standard InChI is InChI=1S/C20H22FN3O3/c1-13-7-6-8-14(2)19(13)23-17(25)12-24(3)18(26)11-22-20(27)15-9-4-5-10-16(15)21/h4-10H,11-12H2,1-3H3,(H,22,27)(H,23,25). The molecule has 3 amide bonds. The lowest BCUT2D eigenvalue weighted by Gasteiger charge is -2.18. The molecule has 7 heteroatoms. The van der Waals surface area contributed by atoms with Gasteiger partial charge >= 0.3 is 0 Å². The zero-order chi connectivity index (χ0) is 20.0. The Balaban J connectivity index is 1.87. The van der Waals surface area contributed by atoms with Crippen molar-refractivity contribution >= 4 is 23.4 Å². The van der Waals surface area contributed by atoms with E-state index in [1.165, 1.54) is 36.2 Å². The number of amides is 3. The summed E-state index contributed by atoms with van der Waals surface area (Å²) in [4.78, 5) is 37.4. The molecule has 6 nitrogen and oxygen atoms in total. The first-order chi connectivity index (χ1) is 12.8. The van der Waals surface area contributed by atoms with Gasteiger partial charge in [0.05, 0.1) is 18.7 Å². The van der Waals surface area contributed by atoms with Crippen LogP contribution in [0, 0.1) is 19.7 Å². The summed E-state index contributed by atoms with van der Waals surface area (Å²) in [6.45, 7) is 3.27. The minimum atomic E-state index is -0.685. The minimum Gasteiger partial charge on any atom is -0.343 e. The van der Waals surface area contributed by atoms with Crippen LogP contribution in [0.2, 0.25) is 0 Å². The first-order valence-corrected chi connectivity index (χ1v) is 8.42. The number of anilines is 1. The van der Waals surface area contributed by atoms with Crippen LogP contribution in [0.15, 0.2) is 42.5 Å². The third kappa shape index (κ3) is 5.37. The van der Waals surface area contributed by atoms with Gasteiger partial charge in [0.1, 0.15) is 5.82 Å². The molecule has 0 bridgehead atoms. The van der Waals surface area contributed by atoms with Gasteiger partial charge < -0.3 is 15.5 Å². The van der Waals surface area contributed by atoms with Crippen LogP contribution >= 0.6 is 0 Å². The smallest absolute Gasteiger partial charge is 0.254 e. The summed E-state index contributed by atoms with van der Waals surface area (Å²) < 4.78 is 13.6. The van der Waals surface area contributed by atoms with Crippen LogP contribution in [0.5, 0.6) is 0 Å². The summed E-state index contributed by atoms with van der Waals surface area (Å²) in [5, 5.41) is 5.15. The second kappa shape index (κ2) is 8.93. The van der Waals surface area contributed by atoms with Crippen molar-refractivity contribution in [3.8, 4) is 0 Å². The predicted octanol–water partition coefficient (Wildman–Crippen LogP) is 2.27. The number of nitrogens with one attached hydrogen (secondary N) is 2. The van der Waals surface area contributed by atoms with Gasteiger partial charge in [0.25, 0.3) is 5.91 Å². The van der Waals surface area contributed by atoms with Crippen molar-refractivity contribution in [1.29, 1.82) is 0 Å². The predicted molar refractivity (Wildman–Crippen MR) is 101 cm³/mol. The fourth-order valence-corrected chi connectivity index (χ4v) is 2.53. The van der Waals surface area contributed by atoms with Gasteiger partial charge in [0, 0.05) is 12.7 Å². The highest BCUT2D eigenvalue weighted by Gasteiger charge is 2.17. The van der Waals surface area contributed by atoms with Crippen molar-refractivity contribution in [2.24, 2.45) is 0 Å². The molecule has 2 rings (SSSR count). The maximum absolute atomic E-state index is 13.6. The fraction of sp³-hybridized carbons (Fsp3) is 0.250. The molecular formula is C20H22FN3O3. The van der Waals surface area contributed by atoms with Gasteiger partial charge in [-0.2, -0.15) is 0 Å². The molecule has 0 unspecified atom stereocenters. The number of nitrogens with zero attached hydrogens (tertiary/aromatic N) is 1. The van der Waals surface area contributed by atoms with E-state index in [9.17, 15) is 18.8 Å². The second-order valence-electron chi connectivity index (χ2n) is 6.23. The molecule has 2 aromatic rings. The Morgan fingerprint density at radius 1 is 1.00 bits per heavy atom. The normalized spacial score (nSPS) is 10.2. The highest BCUT2D eigenvalue weighted by molar-refractivity contribution is 5.98. The molecule has 27 heavy (non-hydrogen) atoms. The minimum absolute atomic E-state index is 0.138. The molecule has 0 saturated carbocycles. The molecule has 0 aliphatic heterocycles. The maximum Gasteiger partial charge on any atom is 0.254 e. The van der Waals surface area contributed by atoms with Crippen molar-refractivity contribution < 1.29 is 18.8 Å². The number of hydrogen-bond donors (Lipinski definition) is 2. The zero-order valence-electron chi connectivity index (χ0n) is 15.5. The first kappa shape index (κ1) is 20.1. The molecule has 2 N–H and O–H groups in total. The van der Waals surface area contributed by atoms with Gasteiger partial charge in [-0.1, -0.05) is 30.3 Å². The lowest BCUT2D eigenvalue weighted by atomic mass is 10.1. The Hall–Kier alpha value is -3.22. The molecule has 142 valence electrons. The van der Waals surface area contributed by atoms with E-state index in [0.717, 1.165) is 16.8 Å². The van der Waals surface area contributed by atoms with Crippen LogP contribution in [-0.4, -0.2) is 42.8 Å². The molecule has 0 atom stereocenters. The molecule has 0 radical (unpaired) electrons. The topological polar surface area (TPSA) is 78.5 Å². The number of halogens is 1. The van der Waals surface area contributed by atoms with Gasteiger partial charge in [-0.15, -0.1) is 0 Å². The van der Waals surface area contributed by atoms with Crippen LogP contribution in [0.4, 0.5) is 10.1 Å².